The lowest BCUT2D eigenvalue weighted by molar-refractivity contribution is -0.0690. The third-order valence-electron chi connectivity index (χ3n) is 2.68. The van der Waals surface area contributed by atoms with E-state index in [1.165, 1.54) is 5.56 Å². The molecule has 1 aromatic carbocycles. The van der Waals surface area contributed by atoms with Crippen LogP contribution in [-0.2, 0) is 4.74 Å². The average Bonchev–Trinajstić information content (AvgIpc) is 2.20. The van der Waals surface area contributed by atoms with Crippen LogP contribution in [0.5, 0.6) is 0 Å². The lowest BCUT2D eigenvalue weighted by Crippen LogP contribution is -2.46. The molecule has 0 saturated carbocycles. The van der Waals surface area contributed by atoms with Gasteiger partial charge >= 0.3 is 0 Å². The Kier molecular flexibility index (Phi) is 2.61. The van der Waals surface area contributed by atoms with Crippen LogP contribution in [0.2, 0.25) is 0 Å². The van der Waals surface area contributed by atoms with E-state index >= 15 is 0 Å². The summed E-state index contributed by atoms with van der Waals surface area (Å²) in [6, 6.07) is 10.5. The molecule has 2 rings (SSSR count). The number of anilines is 1. The summed E-state index contributed by atoms with van der Waals surface area (Å²) < 4.78 is 5.07. The fourth-order valence-corrected chi connectivity index (χ4v) is 1.50. The molecule has 3 nitrogen and oxygen atoms in total. The van der Waals surface area contributed by atoms with E-state index in [1.807, 2.05) is 12.1 Å². The van der Waals surface area contributed by atoms with E-state index in [0.717, 1.165) is 5.69 Å². The molecule has 1 N–H and O–H groups in total. The molecule has 15 heavy (non-hydrogen) atoms. The summed E-state index contributed by atoms with van der Waals surface area (Å²) in [5, 5.41) is 12.3. The van der Waals surface area contributed by atoms with Crippen molar-refractivity contribution in [3.8, 4) is 6.07 Å². The van der Waals surface area contributed by atoms with Crippen LogP contribution in [-0.4, -0.2) is 19.8 Å². The van der Waals surface area contributed by atoms with Crippen LogP contribution in [0.1, 0.15) is 5.56 Å². The predicted octanol–water partition coefficient (Wildman–Crippen LogP) is 1.95. The fraction of sp³-hybridized carbons (Fsp3) is 0.417. The van der Waals surface area contributed by atoms with Gasteiger partial charge in [0.1, 0.15) is 5.41 Å². The van der Waals surface area contributed by atoms with E-state index in [4.69, 9.17) is 10.00 Å². The first kappa shape index (κ1) is 10.0. The molecule has 0 atom stereocenters. The fourth-order valence-electron chi connectivity index (χ4n) is 1.50. The highest BCUT2D eigenvalue weighted by atomic mass is 16.5. The molecule has 0 bridgehead atoms. The maximum Gasteiger partial charge on any atom is 0.121 e. The molecule has 1 heterocycles. The summed E-state index contributed by atoms with van der Waals surface area (Å²) in [6.45, 7) is 3.80. The van der Waals surface area contributed by atoms with E-state index < -0.39 is 0 Å². The van der Waals surface area contributed by atoms with Crippen molar-refractivity contribution in [3.63, 3.8) is 0 Å². The Balaban J connectivity index is 1.93. The van der Waals surface area contributed by atoms with E-state index in [1.54, 1.807) is 0 Å². The Morgan fingerprint density at radius 2 is 2.07 bits per heavy atom. The van der Waals surface area contributed by atoms with E-state index in [9.17, 15) is 0 Å². The molecule has 3 heteroatoms. The van der Waals surface area contributed by atoms with Crippen molar-refractivity contribution in [2.45, 2.75) is 6.92 Å². The molecular formula is C12H14N2O. The molecular weight excluding hydrogens is 188 g/mol. The largest absolute Gasteiger partial charge is 0.383 e. The molecule has 1 aliphatic rings. The third-order valence-corrected chi connectivity index (χ3v) is 2.68. The monoisotopic (exact) mass is 202 g/mol. The van der Waals surface area contributed by atoms with Gasteiger partial charge in [-0.1, -0.05) is 17.7 Å². The highest BCUT2D eigenvalue weighted by molar-refractivity contribution is 5.45. The lowest BCUT2D eigenvalue weighted by atomic mass is 9.88. The van der Waals surface area contributed by atoms with Gasteiger partial charge in [-0.3, -0.25) is 0 Å². The first-order valence-corrected chi connectivity index (χ1v) is 5.04. The zero-order valence-corrected chi connectivity index (χ0v) is 8.79. The SMILES string of the molecule is Cc1ccc(NCC2(C#N)COC2)cc1. The van der Waals surface area contributed by atoms with Gasteiger partial charge in [0.25, 0.3) is 0 Å². The Hall–Kier alpha value is -1.53. The van der Waals surface area contributed by atoms with Gasteiger partial charge in [0.05, 0.1) is 19.3 Å². The summed E-state index contributed by atoms with van der Waals surface area (Å²) >= 11 is 0. The quantitative estimate of drug-likeness (QED) is 0.814. The minimum absolute atomic E-state index is 0.315. The number of hydrogen-bond acceptors (Lipinski definition) is 3. The summed E-state index contributed by atoms with van der Waals surface area (Å²) in [5.74, 6) is 0. The Bertz CT molecular complexity index is 374. The van der Waals surface area contributed by atoms with Gasteiger partial charge in [-0.15, -0.1) is 0 Å². The molecule has 78 valence electrons. The number of benzene rings is 1. The topological polar surface area (TPSA) is 45.0 Å². The number of aryl methyl sites for hydroxylation is 1. The maximum absolute atomic E-state index is 8.99. The zero-order valence-electron chi connectivity index (χ0n) is 8.79. The second kappa shape index (κ2) is 3.92. The first-order valence-electron chi connectivity index (χ1n) is 5.04. The molecule has 0 aliphatic carbocycles. The van der Waals surface area contributed by atoms with Gasteiger partial charge in [-0.05, 0) is 19.1 Å². The number of nitrogens with zero attached hydrogens (tertiary/aromatic N) is 1. The molecule has 1 aliphatic heterocycles. The van der Waals surface area contributed by atoms with E-state index in [0.29, 0.717) is 19.8 Å². The highest BCUT2D eigenvalue weighted by Crippen LogP contribution is 2.26. The summed E-state index contributed by atoms with van der Waals surface area (Å²) in [5.41, 5.74) is 1.98. The summed E-state index contributed by atoms with van der Waals surface area (Å²) in [6.07, 6.45) is 0. The van der Waals surface area contributed by atoms with Gasteiger partial charge in [-0.25, -0.2) is 0 Å². The average molecular weight is 202 g/mol. The van der Waals surface area contributed by atoms with Crippen molar-refractivity contribution in [2.24, 2.45) is 5.41 Å². The third kappa shape index (κ3) is 2.11. The second-order valence-corrected chi connectivity index (χ2v) is 4.10. The van der Waals surface area contributed by atoms with Gasteiger partial charge < -0.3 is 10.1 Å². The Morgan fingerprint density at radius 3 is 2.53 bits per heavy atom. The normalized spacial score (nSPS) is 17.6. The number of ether oxygens (including phenoxy) is 1. The number of hydrogen-bond donors (Lipinski definition) is 1. The zero-order chi connectivity index (χ0) is 10.7. The summed E-state index contributed by atoms with van der Waals surface area (Å²) in [7, 11) is 0. The molecule has 0 spiro atoms. The minimum Gasteiger partial charge on any atom is -0.383 e. The predicted molar refractivity (Wildman–Crippen MR) is 58.5 cm³/mol. The lowest BCUT2D eigenvalue weighted by Gasteiger charge is -2.35. The van der Waals surface area contributed by atoms with Crippen LogP contribution >= 0.6 is 0 Å². The first-order chi connectivity index (χ1) is 7.24. The van der Waals surface area contributed by atoms with E-state index in [-0.39, 0.29) is 5.41 Å². The number of nitrogens with one attached hydrogen (secondary N) is 1. The van der Waals surface area contributed by atoms with Crippen LogP contribution in [0.15, 0.2) is 24.3 Å². The molecule has 1 aromatic rings. The van der Waals surface area contributed by atoms with Crippen LogP contribution in [0.3, 0.4) is 0 Å². The second-order valence-electron chi connectivity index (χ2n) is 4.10. The van der Waals surface area contributed by atoms with Gasteiger partial charge in [0, 0.05) is 12.2 Å². The molecule has 0 unspecified atom stereocenters. The highest BCUT2D eigenvalue weighted by Gasteiger charge is 2.38. The Labute approximate surface area is 89.7 Å². The molecule has 0 aromatic heterocycles. The van der Waals surface area contributed by atoms with Crippen molar-refractivity contribution in [1.29, 1.82) is 5.26 Å². The molecule has 1 saturated heterocycles. The van der Waals surface area contributed by atoms with Crippen molar-refractivity contribution in [3.05, 3.63) is 29.8 Å². The van der Waals surface area contributed by atoms with Crippen molar-refractivity contribution < 1.29 is 4.74 Å². The number of rotatable bonds is 3. The van der Waals surface area contributed by atoms with E-state index in [2.05, 4.69) is 30.4 Å². The summed E-state index contributed by atoms with van der Waals surface area (Å²) in [4.78, 5) is 0. The van der Waals surface area contributed by atoms with Crippen LogP contribution < -0.4 is 5.32 Å². The smallest absolute Gasteiger partial charge is 0.121 e. The van der Waals surface area contributed by atoms with Crippen molar-refractivity contribution in [1.82, 2.24) is 0 Å². The molecule has 0 amide bonds. The molecule has 0 radical (unpaired) electrons. The van der Waals surface area contributed by atoms with Gasteiger partial charge in [-0.2, -0.15) is 5.26 Å². The standard InChI is InChI=1S/C12H14N2O/c1-10-2-4-11(5-3-10)14-7-12(6-13)8-15-9-12/h2-5,14H,7-9H2,1H3. The van der Waals surface area contributed by atoms with Gasteiger partial charge in [0.2, 0.25) is 0 Å². The number of nitriles is 1. The molecule has 1 fully saturated rings. The van der Waals surface area contributed by atoms with Crippen LogP contribution in [0, 0.1) is 23.7 Å². The van der Waals surface area contributed by atoms with Gasteiger partial charge in [0.15, 0.2) is 0 Å². The Morgan fingerprint density at radius 1 is 1.40 bits per heavy atom. The van der Waals surface area contributed by atoms with Crippen molar-refractivity contribution in [2.75, 3.05) is 25.1 Å². The minimum atomic E-state index is -0.315. The van der Waals surface area contributed by atoms with Crippen LogP contribution in [0.25, 0.3) is 0 Å². The maximum atomic E-state index is 8.99. The van der Waals surface area contributed by atoms with Crippen LogP contribution in [0.4, 0.5) is 5.69 Å². The van der Waals surface area contributed by atoms with Crippen molar-refractivity contribution >= 4 is 5.69 Å².